The first-order valence-corrected chi connectivity index (χ1v) is 10.8. The lowest BCUT2D eigenvalue weighted by molar-refractivity contribution is -0.131. The average Bonchev–Trinajstić information content (AvgIpc) is 3.00. The second kappa shape index (κ2) is 7.84. The van der Waals surface area contributed by atoms with Crippen molar-refractivity contribution >= 4 is 21.7 Å². The largest absolute Gasteiger partial charge is 0.353 e. The van der Waals surface area contributed by atoms with Crippen LogP contribution < -0.4 is 4.90 Å². The Labute approximate surface area is 164 Å². The van der Waals surface area contributed by atoms with E-state index in [4.69, 9.17) is 0 Å². The molecular formula is C17H25N7O3S. The number of aryl methyl sites for hydroxylation is 1. The van der Waals surface area contributed by atoms with E-state index in [-0.39, 0.29) is 12.5 Å². The second-order valence-corrected chi connectivity index (χ2v) is 9.00. The maximum Gasteiger partial charge on any atom is 0.238 e. The number of piperazine rings is 1. The van der Waals surface area contributed by atoms with Gasteiger partial charge in [0.15, 0.2) is 0 Å². The van der Waals surface area contributed by atoms with E-state index in [9.17, 15) is 13.2 Å². The highest BCUT2D eigenvalue weighted by molar-refractivity contribution is 7.88. The number of sulfonamides is 1. The van der Waals surface area contributed by atoms with Gasteiger partial charge in [-0.25, -0.2) is 23.4 Å². The second-order valence-electron chi connectivity index (χ2n) is 6.91. The summed E-state index contributed by atoms with van der Waals surface area (Å²) in [6.07, 6.45) is 4.36. The van der Waals surface area contributed by atoms with Gasteiger partial charge in [-0.2, -0.15) is 4.31 Å². The lowest BCUT2D eigenvalue weighted by Gasteiger charge is -2.36. The summed E-state index contributed by atoms with van der Waals surface area (Å²) >= 11 is 0. The maximum absolute atomic E-state index is 12.3. The fourth-order valence-corrected chi connectivity index (χ4v) is 3.31. The molecule has 0 spiro atoms. The smallest absolute Gasteiger partial charge is 0.238 e. The molecule has 0 aromatic carbocycles. The molecule has 3 heterocycles. The molecule has 1 amide bonds. The molecule has 0 saturated carbocycles. The minimum absolute atomic E-state index is 0.143. The summed E-state index contributed by atoms with van der Waals surface area (Å²) < 4.78 is 26.0. The van der Waals surface area contributed by atoms with E-state index in [2.05, 4.69) is 19.9 Å². The molecule has 2 aromatic heterocycles. The van der Waals surface area contributed by atoms with E-state index in [1.807, 2.05) is 24.5 Å². The lowest BCUT2D eigenvalue weighted by atomic mass is 10.3. The molecule has 0 unspecified atom stereocenters. The Morgan fingerprint density at radius 1 is 1.11 bits per heavy atom. The Morgan fingerprint density at radius 3 is 2.32 bits per heavy atom. The molecule has 2 aromatic rings. The quantitative estimate of drug-likeness (QED) is 0.677. The monoisotopic (exact) mass is 407 g/mol. The summed E-state index contributed by atoms with van der Waals surface area (Å²) in [5.41, 5.74) is 1.97. The van der Waals surface area contributed by atoms with Gasteiger partial charge < -0.3 is 9.80 Å². The number of hydrogen-bond acceptors (Lipinski definition) is 7. The van der Waals surface area contributed by atoms with Crippen LogP contribution in [0, 0.1) is 13.8 Å². The molecule has 10 nitrogen and oxygen atoms in total. The number of hydrogen-bond donors (Lipinski definition) is 0. The van der Waals surface area contributed by atoms with Crippen molar-refractivity contribution < 1.29 is 13.2 Å². The van der Waals surface area contributed by atoms with Crippen LogP contribution in [0.15, 0.2) is 18.7 Å². The molecule has 3 rings (SSSR count). The Hall–Kier alpha value is -2.53. The number of carbonyl (C=O) groups excluding carboxylic acids is 1. The third kappa shape index (κ3) is 4.30. The summed E-state index contributed by atoms with van der Waals surface area (Å²) in [6.45, 7) is 6.06. The third-order valence-electron chi connectivity index (χ3n) is 5.02. The van der Waals surface area contributed by atoms with Gasteiger partial charge in [-0.3, -0.25) is 9.36 Å². The fraction of sp³-hybridized carbons (Fsp3) is 0.529. The van der Waals surface area contributed by atoms with Crippen molar-refractivity contribution in [3.8, 4) is 5.82 Å². The van der Waals surface area contributed by atoms with Crippen molar-refractivity contribution in [1.82, 2.24) is 28.7 Å². The zero-order valence-electron chi connectivity index (χ0n) is 16.5. The first kappa shape index (κ1) is 20.2. The Kier molecular flexibility index (Phi) is 5.66. The number of imidazole rings is 1. The number of amides is 1. The Bertz CT molecular complexity index is 965. The molecule has 0 radical (unpaired) electrons. The molecule has 0 atom stereocenters. The van der Waals surface area contributed by atoms with Crippen LogP contribution in [0.25, 0.3) is 5.82 Å². The molecule has 0 N–H and O–H groups in total. The van der Waals surface area contributed by atoms with Crippen molar-refractivity contribution in [1.29, 1.82) is 0 Å². The van der Waals surface area contributed by atoms with E-state index >= 15 is 0 Å². The van der Waals surface area contributed by atoms with E-state index < -0.39 is 10.0 Å². The van der Waals surface area contributed by atoms with E-state index in [0.29, 0.717) is 26.2 Å². The number of rotatable bonds is 5. The van der Waals surface area contributed by atoms with E-state index in [1.165, 1.54) is 13.4 Å². The predicted octanol–water partition coefficient (Wildman–Crippen LogP) is -0.181. The van der Waals surface area contributed by atoms with Crippen LogP contribution in [0.2, 0.25) is 0 Å². The van der Waals surface area contributed by atoms with Crippen molar-refractivity contribution in [3.05, 3.63) is 30.1 Å². The van der Waals surface area contributed by atoms with Crippen LogP contribution >= 0.6 is 0 Å². The average molecular weight is 408 g/mol. The molecule has 0 bridgehead atoms. The summed E-state index contributed by atoms with van der Waals surface area (Å²) in [7, 11) is -1.96. The van der Waals surface area contributed by atoms with Crippen LogP contribution in [0.5, 0.6) is 0 Å². The van der Waals surface area contributed by atoms with Gasteiger partial charge in [0.2, 0.25) is 15.9 Å². The normalized spacial score (nSPS) is 15.3. The van der Waals surface area contributed by atoms with Gasteiger partial charge in [-0.05, 0) is 13.8 Å². The van der Waals surface area contributed by atoms with Crippen LogP contribution in [0.3, 0.4) is 0 Å². The van der Waals surface area contributed by atoms with Gasteiger partial charge in [0, 0.05) is 45.0 Å². The van der Waals surface area contributed by atoms with Crippen molar-refractivity contribution in [2.75, 3.05) is 50.9 Å². The van der Waals surface area contributed by atoms with Gasteiger partial charge in [-0.15, -0.1) is 0 Å². The zero-order chi connectivity index (χ0) is 20.5. The number of carbonyl (C=O) groups is 1. The molecule has 1 aliphatic rings. The molecule has 11 heteroatoms. The lowest BCUT2D eigenvalue weighted by Crippen LogP contribution is -2.51. The molecule has 1 fully saturated rings. The van der Waals surface area contributed by atoms with E-state index in [1.54, 1.807) is 11.2 Å². The van der Waals surface area contributed by atoms with Crippen molar-refractivity contribution in [2.45, 2.75) is 13.8 Å². The van der Waals surface area contributed by atoms with Gasteiger partial charge in [0.25, 0.3) is 0 Å². The van der Waals surface area contributed by atoms with Crippen LogP contribution in [-0.4, -0.2) is 89.1 Å². The number of nitrogens with zero attached hydrogens (tertiary/aromatic N) is 7. The predicted molar refractivity (Wildman–Crippen MR) is 105 cm³/mol. The molecule has 1 saturated heterocycles. The highest BCUT2D eigenvalue weighted by Crippen LogP contribution is 2.18. The fourth-order valence-electron chi connectivity index (χ4n) is 2.96. The van der Waals surface area contributed by atoms with Crippen LogP contribution in [0.4, 0.5) is 5.82 Å². The highest BCUT2D eigenvalue weighted by atomic mass is 32.2. The Balaban J connectivity index is 1.65. The summed E-state index contributed by atoms with van der Waals surface area (Å²) in [5, 5.41) is 0. The van der Waals surface area contributed by atoms with Crippen molar-refractivity contribution in [3.63, 3.8) is 0 Å². The SMILES string of the molecule is Cc1ncn(-c2cc(N3CCN(C(=O)CN(C)S(C)(=O)=O)CC3)ncn2)c1C. The highest BCUT2D eigenvalue weighted by Gasteiger charge is 2.25. The topological polar surface area (TPSA) is 105 Å². The van der Waals surface area contributed by atoms with Gasteiger partial charge in [-0.1, -0.05) is 0 Å². The third-order valence-corrected chi connectivity index (χ3v) is 6.28. The van der Waals surface area contributed by atoms with Gasteiger partial charge in [0.05, 0.1) is 18.5 Å². The number of aromatic nitrogens is 4. The minimum atomic E-state index is -3.37. The molecule has 1 aliphatic heterocycles. The summed E-state index contributed by atoms with van der Waals surface area (Å²) in [4.78, 5) is 29.1. The first-order chi connectivity index (χ1) is 13.2. The van der Waals surface area contributed by atoms with E-state index in [0.717, 1.165) is 33.6 Å². The van der Waals surface area contributed by atoms with Crippen LogP contribution in [0.1, 0.15) is 11.4 Å². The molecule has 28 heavy (non-hydrogen) atoms. The van der Waals surface area contributed by atoms with Gasteiger partial charge in [0.1, 0.15) is 24.3 Å². The maximum atomic E-state index is 12.3. The van der Waals surface area contributed by atoms with Crippen LogP contribution in [-0.2, 0) is 14.8 Å². The van der Waals surface area contributed by atoms with Gasteiger partial charge >= 0.3 is 0 Å². The number of anilines is 1. The molecular weight excluding hydrogens is 382 g/mol. The molecule has 0 aliphatic carbocycles. The Morgan fingerprint density at radius 2 is 1.75 bits per heavy atom. The molecule has 152 valence electrons. The summed E-state index contributed by atoms with van der Waals surface area (Å²) in [5.74, 6) is 1.34. The summed E-state index contributed by atoms with van der Waals surface area (Å²) in [6, 6.07) is 1.91. The minimum Gasteiger partial charge on any atom is -0.353 e. The zero-order valence-corrected chi connectivity index (χ0v) is 17.3. The number of likely N-dealkylation sites (N-methyl/N-ethyl adjacent to an activating group) is 1. The van der Waals surface area contributed by atoms with Crippen molar-refractivity contribution in [2.24, 2.45) is 0 Å². The standard InChI is InChI=1S/C17H25N7O3S/c1-13-14(2)24(12-20-13)16-9-15(18-11-19-16)22-5-7-23(8-6-22)17(25)10-21(3)28(4,26)27/h9,11-12H,5-8,10H2,1-4H3. The first-order valence-electron chi connectivity index (χ1n) is 8.94.